The predicted molar refractivity (Wildman–Crippen MR) is 91.6 cm³/mol. The molecule has 0 unspecified atom stereocenters. The minimum Gasteiger partial charge on any atom is -0.496 e. The minimum atomic E-state index is -0.0570. The van der Waals surface area contributed by atoms with Crippen molar-refractivity contribution in [2.24, 2.45) is 0 Å². The molecule has 1 amide bonds. The lowest BCUT2D eigenvalue weighted by atomic mass is 10.1. The quantitative estimate of drug-likeness (QED) is 0.818. The summed E-state index contributed by atoms with van der Waals surface area (Å²) in [7, 11) is 1.63. The van der Waals surface area contributed by atoms with Gasteiger partial charge < -0.3 is 10.1 Å². The molecule has 0 spiro atoms. The zero-order valence-electron chi connectivity index (χ0n) is 12.7. The number of nitrogens with one attached hydrogen (secondary N) is 1. The van der Waals surface area contributed by atoms with Crippen LogP contribution in [-0.4, -0.2) is 23.2 Å². The van der Waals surface area contributed by atoms with Gasteiger partial charge in [-0.3, -0.25) is 4.79 Å². The van der Waals surface area contributed by atoms with Crippen LogP contribution < -0.4 is 10.1 Å². The molecule has 1 heterocycles. The van der Waals surface area contributed by atoms with Crippen LogP contribution in [0.25, 0.3) is 0 Å². The van der Waals surface area contributed by atoms with Crippen molar-refractivity contribution in [3.8, 4) is 5.75 Å². The predicted octanol–water partition coefficient (Wildman–Crippen LogP) is 4.00. The van der Waals surface area contributed by atoms with E-state index >= 15 is 0 Å². The fourth-order valence-corrected chi connectivity index (χ4v) is 3.17. The molecule has 0 fully saturated rings. The van der Waals surface area contributed by atoms with E-state index in [1.165, 1.54) is 11.3 Å². The third-order valence-electron chi connectivity index (χ3n) is 3.04. The van der Waals surface area contributed by atoms with Crippen molar-refractivity contribution in [2.45, 2.75) is 32.6 Å². The lowest BCUT2D eigenvalue weighted by Gasteiger charge is -2.06. The molecule has 0 aliphatic rings. The molecular formula is C15H18BrN3O2S. The average molecular weight is 384 g/mol. The molecule has 118 valence electrons. The summed E-state index contributed by atoms with van der Waals surface area (Å²) in [6, 6.07) is 5.81. The van der Waals surface area contributed by atoms with Crippen molar-refractivity contribution in [2.75, 3.05) is 12.4 Å². The SMILES string of the molecule is COc1ccc(CCC(=O)Nc2nnc(C(C)C)s2)cc1Br. The molecule has 0 aliphatic carbocycles. The monoisotopic (exact) mass is 383 g/mol. The van der Waals surface area contributed by atoms with E-state index in [4.69, 9.17) is 4.74 Å². The van der Waals surface area contributed by atoms with E-state index in [1.807, 2.05) is 32.0 Å². The zero-order valence-corrected chi connectivity index (χ0v) is 15.1. The highest BCUT2D eigenvalue weighted by Crippen LogP contribution is 2.26. The second-order valence-corrected chi connectivity index (χ2v) is 6.98. The van der Waals surface area contributed by atoms with E-state index in [-0.39, 0.29) is 5.91 Å². The number of amides is 1. The van der Waals surface area contributed by atoms with Crippen LogP contribution in [0.2, 0.25) is 0 Å². The molecule has 7 heteroatoms. The van der Waals surface area contributed by atoms with E-state index in [0.29, 0.717) is 23.9 Å². The Labute approximate surface area is 142 Å². The third-order valence-corrected chi connectivity index (χ3v) is 4.80. The summed E-state index contributed by atoms with van der Waals surface area (Å²) in [4.78, 5) is 12.0. The molecule has 0 radical (unpaired) electrons. The first-order chi connectivity index (χ1) is 10.5. The van der Waals surface area contributed by atoms with Gasteiger partial charge in [0.15, 0.2) is 0 Å². The second-order valence-electron chi connectivity index (χ2n) is 5.12. The Morgan fingerprint density at radius 2 is 2.18 bits per heavy atom. The molecule has 0 atom stereocenters. The van der Waals surface area contributed by atoms with Gasteiger partial charge in [-0.15, -0.1) is 10.2 Å². The highest BCUT2D eigenvalue weighted by molar-refractivity contribution is 9.10. The molecule has 0 saturated heterocycles. The molecule has 2 rings (SSSR count). The van der Waals surface area contributed by atoms with E-state index in [2.05, 4.69) is 31.4 Å². The van der Waals surface area contributed by atoms with Crippen LogP contribution in [0.1, 0.15) is 36.8 Å². The Kier molecular flexibility index (Phi) is 5.90. The summed E-state index contributed by atoms with van der Waals surface area (Å²) in [6.45, 7) is 4.10. The average Bonchev–Trinajstić information content (AvgIpc) is 2.94. The summed E-state index contributed by atoms with van der Waals surface area (Å²) in [5.41, 5.74) is 1.07. The lowest BCUT2D eigenvalue weighted by molar-refractivity contribution is -0.116. The van der Waals surface area contributed by atoms with Gasteiger partial charge in [0.2, 0.25) is 11.0 Å². The van der Waals surface area contributed by atoms with Gasteiger partial charge >= 0.3 is 0 Å². The van der Waals surface area contributed by atoms with Gasteiger partial charge in [-0.05, 0) is 40.0 Å². The molecule has 1 aromatic carbocycles. The summed E-state index contributed by atoms with van der Waals surface area (Å²) >= 11 is 4.86. The number of hydrogen-bond donors (Lipinski definition) is 1. The van der Waals surface area contributed by atoms with Crippen LogP contribution >= 0.6 is 27.3 Å². The summed E-state index contributed by atoms with van der Waals surface area (Å²) in [6.07, 6.45) is 1.06. The number of carbonyl (C=O) groups excluding carboxylic acids is 1. The number of aryl methyl sites for hydroxylation is 1. The first kappa shape index (κ1) is 16.9. The Balaban J connectivity index is 1.88. The van der Waals surface area contributed by atoms with Gasteiger partial charge in [-0.2, -0.15) is 0 Å². The normalized spacial score (nSPS) is 10.8. The molecule has 0 bridgehead atoms. The van der Waals surface area contributed by atoms with Crippen LogP contribution in [0.5, 0.6) is 5.75 Å². The maximum Gasteiger partial charge on any atom is 0.226 e. The van der Waals surface area contributed by atoms with Crippen molar-refractivity contribution in [3.63, 3.8) is 0 Å². The van der Waals surface area contributed by atoms with E-state index in [1.54, 1.807) is 7.11 Å². The van der Waals surface area contributed by atoms with Gasteiger partial charge in [0.1, 0.15) is 10.8 Å². The highest BCUT2D eigenvalue weighted by Gasteiger charge is 2.11. The number of anilines is 1. The van der Waals surface area contributed by atoms with E-state index in [9.17, 15) is 4.79 Å². The number of ether oxygens (including phenoxy) is 1. The minimum absolute atomic E-state index is 0.0570. The van der Waals surface area contributed by atoms with Crippen molar-refractivity contribution in [1.29, 1.82) is 0 Å². The van der Waals surface area contributed by atoms with Crippen molar-refractivity contribution in [1.82, 2.24) is 10.2 Å². The van der Waals surface area contributed by atoms with Gasteiger partial charge in [0, 0.05) is 12.3 Å². The number of halogens is 1. The molecule has 2 aromatic rings. The van der Waals surface area contributed by atoms with Crippen molar-refractivity contribution >= 4 is 38.3 Å². The number of rotatable bonds is 6. The summed E-state index contributed by atoms with van der Waals surface area (Å²) in [5.74, 6) is 1.04. The van der Waals surface area contributed by atoms with Crippen LogP contribution in [-0.2, 0) is 11.2 Å². The number of benzene rings is 1. The van der Waals surface area contributed by atoms with Gasteiger partial charge in [0.25, 0.3) is 0 Å². The third kappa shape index (κ3) is 4.51. The largest absolute Gasteiger partial charge is 0.496 e. The summed E-state index contributed by atoms with van der Waals surface area (Å²) < 4.78 is 6.07. The number of carbonyl (C=O) groups is 1. The molecule has 1 aromatic heterocycles. The fraction of sp³-hybridized carbons (Fsp3) is 0.400. The van der Waals surface area contributed by atoms with Crippen LogP contribution in [0.4, 0.5) is 5.13 Å². The smallest absolute Gasteiger partial charge is 0.226 e. The summed E-state index contributed by atoms with van der Waals surface area (Å²) in [5, 5.41) is 12.3. The fourth-order valence-electron chi connectivity index (χ4n) is 1.82. The Bertz CT molecular complexity index is 658. The first-order valence-electron chi connectivity index (χ1n) is 6.95. The van der Waals surface area contributed by atoms with Gasteiger partial charge in [-0.25, -0.2) is 0 Å². The van der Waals surface area contributed by atoms with Gasteiger partial charge in [0.05, 0.1) is 11.6 Å². The number of aromatic nitrogens is 2. The number of hydrogen-bond acceptors (Lipinski definition) is 5. The molecule has 22 heavy (non-hydrogen) atoms. The van der Waals surface area contributed by atoms with Crippen LogP contribution in [0.15, 0.2) is 22.7 Å². The Morgan fingerprint density at radius 1 is 1.41 bits per heavy atom. The molecule has 0 aliphatic heterocycles. The maximum atomic E-state index is 12.0. The first-order valence-corrected chi connectivity index (χ1v) is 8.56. The van der Waals surface area contributed by atoms with Crippen LogP contribution in [0, 0.1) is 0 Å². The Hall–Kier alpha value is -1.47. The number of nitrogens with zero attached hydrogens (tertiary/aromatic N) is 2. The van der Waals surface area contributed by atoms with E-state index in [0.717, 1.165) is 20.8 Å². The second kappa shape index (κ2) is 7.69. The van der Waals surface area contributed by atoms with Gasteiger partial charge in [-0.1, -0.05) is 31.3 Å². The van der Waals surface area contributed by atoms with Crippen molar-refractivity contribution < 1.29 is 9.53 Å². The Morgan fingerprint density at radius 3 is 2.77 bits per heavy atom. The molecule has 1 N–H and O–H groups in total. The zero-order chi connectivity index (χ0) is 16.1. The van der Waals surface area contributed by atoms with Crippen LogP contribution in [0.3, 0.4) is 0 Å². The topological polar surface area (TPSA) is 64.1 Å². The lowest BCUT2D eigenvalue weighted by Crippen LogP contribution is -2.12. The molecule has 5 nitrogen and oxygen atoms in total. The molecule has 0 saturated carbocycles. The van der Waals surface area contributed by atoms with Crippen molar-refractivity contribution in [3.05, 3.63) is 33.2 Å². The molecular weight excluding hydrogens is 366 g/mol. The number of methoxy groups -OCH3 is 1. The maximum absolute atomic E-state index is 12.0. The van der Waals surface area contributed by atoms with E-state index < -0.39 is 0 Å². The highest BCUT2D eigenvalue weighted by atomic mass is 79.9. The standard InChI is InChI=1S/C15H18BrN3O2S/c1-9(2)14-18-19-15(22-14)17-13(20)7-5-10-4-6-12(21-3)11(16)8-10/h4,6,8-9H,5,7H2,1-3H3,(H,17,19,20).